The fourth-order valence-electron chi connectivity index (χ4n) is 5.68. The molecule has 162 valence electrons. The number of hydrogen-bond acceptors (Lipinski definition) is 3. The number of para-hydroxylation sites is 1. The van der Waals surface area contributed by atoms with E-state index in [2.05, 4.69) is 31.9 Å². The minimum atomic E-state index is -0.249. The summed E-state index contributed by atoms with van der Waals surface area (Å²) in [6.45, 7) is 2.56. The van der Waals surface area contributed by atoms with Gasteiger partial charge in [-0.3, -0.25) is 9.69 Å². The molecule has 3 aromatic rings. The molecule has 31 heavy (non-hydrogen) atoms. The highest BCUT2D eigenvalue weighted by atomic mass is 19.1. The van der Waals surface area contributed by atoms with Crippen molar-refractivity contribution in [2.24, 2.45) is 0 Å². The van der Waals surface area contributed by atoms with E-state index in [-0.39, 0.29) is 17.8 Å². The molecule has 0 saturated carbocycles. The molecule has 1 aromatic heterocycles. The van der Waals surface area contributed by atoms with Crippen LogP contribution in [0.1, 0.15) is 56.7 Å². The monoisotopic (exact) mass is 420 g/mol. The van der Waals surface area contributed by atoms with E-state index < -0.39 is 0 Å². The molecule has 0 unspecified atom stereocenters. The Morgan fingerprint density at radius 1 is 1.10 bits per heavy atom. The number of aromatic nitrogens is 2. The first-order chi connectivity index (χ1) is 15.1. The number of benzene rings is 2. The Kier molecular flexibility index (Phi) is 5.48. The zero-order valence-electron chi connectivity index (χ0n) is 17.9. The van der Waals surface area contributed by atoms with Gasteiger partial charge in [0, 0.05) is 31.6 Å². The molecule has 3 heterocycles. The third-order valence-electron chi connectivity index (χ3n) is 7.06. The van der Waals surface area contributed by atoms with Crippen molar-refractivity contribution in [2.75, 3.05) is 6.54 Å². The number of hydrogen-bond donors (Lipinski definition) is 1. The average molecular weight is 421 g/mol. The minimum Gasteiger partial charge on any atom is -0.349 e. The number of halogens is 1. The molecule has 0 spiro atoms. The predicted molar refractivity (Wildman–Crippen MR) is 119 cm³/mol. The highest BCUT2D eigenvalue weighted by Gasteiger charge is 2.41. The Morgan fingerprint density at radius 3 is 2.55 bits per heavy atom. The number of fused-ring (bicyclic) bond motifs is 3. The van der Waals surface area contributed by atoms with Gasteiger partial charge in [-0.2, -0.15) is 0 Å². The predicted octanol–water partition coefficient (Wildman–Crippen LogP) is 4.61. The number of piperidine rings is 1. The maximum atomic E-state index is 14.1. The van der Waals surface area contributed by atoms with Crippen LogP contribution >= 0.6 is 0 Å². The topological polar surface area (TPSA) is 50.2 Å². The van der Waals surface area contributed by atoms with Crippen molar-refractivity contribution in [3.05, 3.63) is 66.2 Å². The first-order valence-corrected chi connectivity index (χ1v) is 11.3. The molecule has 0 radical (unpaired) electrons. The lowest BCUT2D eigenvalue weighted by Gasteiger charge is -2.40. The third kappa shape index (κ3) is 3.97. The fourth-order valence-corrected chi connectivity index (χ4v) is 5.68. The molecule has 1 amide bonds. The SMILES string of the molecule is CC(=O)N[C@@H](CCN1[C@@H]2CC[C@H]1C[C@H](n1cnc3c(F)cccc31)C2)c1ccccc1. The number of nitrogens with one attached hydrogen (secondary N) is 1. The van der Waals surface area contributed by atoms with Crippen molar-refractivity contribution in [3.8, 4) is 0 Å². The van der Waals surface area contributed by atoms with Crippen LogP contribution in [0.3, 0.4) is 0 Å². The Bertz CT molecular complexity index is 1050. The first-order valence-electron chi connectivity index (χ1n) is 11.3. The summed E-state index contributed by atoms with van der Waals surface area (Å²) >= 11 is 0. The van der Waals surface area contributed by atoms with Crippen LogP contribution in [0.5, 0.6) is 0 Å². The van der Waals surface area contributed by atoms with Gasteiger partial charge in [0.05, 0.1) is 17.9 Å². The summed E-state index contributed by atoms with van der Waals surface area (Å²) in [6.07, 6.45) is 7.26. The smallest absolute Gasteiger partial charge is 0.217 e. The van der Waals surface area contributed by atoms with E-state index in [1.54, 1.807) is 13.0 Å². The van der Waals surface area contributed by atoms with Crippen molar-refractivity contribution in [3.63, 3.8) is 0 Å². The van der Waals surface area contributed by atoms with E-state index in [1.165, 1.54) is 18.9 Å². The summed E-state index contributed by atoms with van der Waals surface area (Å²) in [5, 5.41) is 3.13. The van der Waals surface area contributed by atoms with Gasteiger partial charge in [0.15, 0.2) is 5.82 Å². The number of carbonyl (C=O) groups excluding carboxylic acids is 1. The Hall–Kier alpha value is -2.73. The second-order valence-corrected chi connectivity index (χ2v) is 8.96. The van der Waals surface area contributed by atoms with Crippen molar-refractivity contribution >= 4 is 16.9 Å². The maximum absolute atomic E-state index is 14.1. The molecule has 2 aliphatic heterocycles. The third-order valence-corrected chi connectivity index (χ3v) is 7.06. The molecule has 5 nitrogen and oxygen atoms in total. The molecule has 2 aliphatic rings. The van der Waals surface area contributed by atoms with Crippen molar-refractivity contribution in [1.82, 2.24) is 19.8 Å². The van der Waals surface area contributed by atoms with Gasteiger partial charge in [-0.15, -0.1) is 0 Å². The van der Waals surface area contributed by atoms with Crippen LogP contribution in [0.4, 0.5) is 4.39 Å². The number of nitrogens with zero attached hydrogens (tertiary/aromatic N) is 3. The standard InChI is InChI=1S/C25H29FN4O/c1-17(31)28-23(18-6-3-2-4-7-18)12-13-29-19-10-11-20(29)15-21(14-19)30-16-27-25-22(26)8-5-9-24(25)30/h2-9,16,19-21,23H,10-15H2,1H3,(H,28,31)/t19-,20+,21-,23-/m0/s1. The van der Waals surface area contributed by atoms with Gasteiger partial charge in [-0.05, 0) is 49.8 Å². The molecular formula is C25H29FN4O. The molecule has 0 aliphatic carbocycles. The van der Waals surface area contributed by atoms with Crippen LogP contribution in [-0.2, 0) is 4.79 Å². The summed E-state index contributed by atoms with van der Waals surface area (Å²) < 4.78 is 16.3. The molecule has 2 saturated heterocycles. The normalized spacial score (nSPS) is 24.4. The molecule has 2 bridgehead atoms. The minimum absolute atomic E-state index is 0.00903. The van der Waals surface area contributed by atoms with E-state index in [9.17, 15) is 9.18 Å². The van der Waals surface area contributed by atoms with Crippen LogP contribution < -0.4 is 5.32 Å². The highest BCUT2D eigenvalue weighted by molar-refractivity contribution is 5.76. The Balaban J connectivity index is 1.29. The summed E-state index contributed by atoms with van der Waals surface area (Å²) in [6, 6.07) is 16.9. The summed E-state index contributed by atoms with van der Waals surface area (Å²) in [4.78, 5) is 18.7. The molecule has 6 heteroatoms. The van der Waals surface area contributed by atoms with E-state index in [1.807, 2.05) is 30.6 Å². The number of imidazole rings is 1. The van der Waals surface area contributed by atoms with Crippen LogP contribution in [0, 0.1) is 5.82 Å². The van der Waals surface area contributed by atoms with Gasteiger partial charge in [-0.25, -0.2) is 9.37 Å². The molecular weight excluding hydrogens is 391 g/mol. The van der Waals surface area contributed by atoms with Crippen LogP contribution in [0.15, 0.2) is 54.9 Å². The van der Waals surface area contributed by atoms with Crippen molar-refractivity contribution < 1.29 is 9.18 Å². The van der Waals surface area contributed by atoms with Crippen LogP contribution in [0.2, 0.25) is 0 Å². The quantitative estimate of drug-likeness (QED) is 0.634. The molecule has 2 fully saturated rings. The number of rotatable bonds is 6. The van der Waals surface area contributed by atoms with Crippen LogP contribution in [0.25, 0.3) is 11.0 Å². The fraction of sp³-hybridized carbons (Fsp3) is 0.440. The van der Waals surface area contributed by atoms with Gasteiger partial charge in [0.1, 0.15) is 5.52 Å². The zero-order valence-corrected chi connectivity index (χ0v) is 17.9. The lowest BCUT2D eigenvalue weighted by atomic mass is 9.95. The van der Waals surface area contributed by atoms with E-state index in [4.69, 9.17) is 0 Å². The van der Waals surface area contributed by atoms with E-state index in [0.717, 1.165) is 36.9 Å². The summed E-state index contributed by atoms with van der Waals surface area (Å²) in [5.41, 5.74) is 2.53. The second-order valence-electron chi connectivity index (χ2n) is 8.96. The lowest BCUT2D eigenvalue weighted by Crippen LogP contribution is -2.44. The second kappa shape index (κ2) is 8.42. The zero-order chi connectivity index (χ0) is 21.4. The largest absolute Gasteiger partial charge is 0.349 e. The molecule has 2 aromatic carbocycles. The maximum Gasteiger partial charge on any atom is 0.217 e. The first kappa shape index (κ1) is 20.2. The van der Waals surface area contributed by atoms with Crippen molar-refractivity contribution in [1.29, 1.82) is 0 Å². The summed E-state index contributed by atoms with van der Waals surface area (Å²) in [5.74, 6) is -0.240. The van der Waals surface area contributed by atoms with Crippen molar-refractivity contribution in [2.45, 2.75) is 63.2 Å². The Morgan fingerprint density at radius 2 is 1.84 bits per heavy atom. The molecule has 4 atom stereocenters. The van der Waals surface area contributed by atoms with Gasteiger partial charge >= 0.3 is 0 Å². The van der Waals surface area contributed by atoms with Gasteiger partial charge in [0.2, 0.25) is 5.91 Å². The summed E-state index contributed by atoms with van der Waals surface area (Å²) in [7, 11) is 0. The van der Waals surface area contributed by atoms with Gasteiger partial charge in [0.25, 0.3) is 0 Å². The Labute approximate surface area is 182 Å². The van der Waals surface area contributed by atoms with Gasteiger partial charge < -0.3 is 9.88 Å². The highest BCUT2D eigenvalue weighted by Crippen LogP contribution is 2.42. The lowest BCUT2D eigenvalue weighted by molar-refractivity contribution is -0.119. The van der Waals surface area contributed by atoms with Crippen LogP contribution in [-0.4, -0.2) is 39.0 Å². The van der Waals surface area contributed by atoms with E-state index >= 15 is 0 Å². The molecule has 5 rings (SSSR count). The van der Waals surface area contributed by atoms with E-state index in [0.29, 0.717) is 23.6 Å². The average Bonchev–Trinajstić information content (AvgIpc) is 3.30. The molecule has 1 N–H and O–H groups in total. The number of carbonyl (C=O) groups is 1. The number of amides is 1. The van der Waals surface area contributed by atoms with Gasteiger partial charge in [-0.1, -0.05) is 36.4 Å².